The van der Waals surface area contributed by atoms with Crippen molar-refractivity contribution in [2.24, 2.45) is 0 Å². The molecule has 10 heteroatoms. The van der Waals surface area contributed by atoms with Gasteiger partial charge in [0.15, 0.2) is 0 Å². The van der Waals surface area contributed by atoms with Crippen LogP contribution < -0.4 is 10.7 Å². The van der Waals surface area contributed by atoms with E-state index in [1.54, 1.807) is 30.3 Å². The number of hydrogen-bond donors (Lipinski definition) is 3. The van der Waals surface area contributed by atoms with E-state index >= 15 is 0 Å². The molecule has 1 atom stereocenters. The Hall–Kier alpha value is -3.43. The number of carbonyl (C=O) groups is 3. The van der Waals surface area contributed by atoms with Crippen LogP contribution in [0.5, 0.6) is 0 Å². The third-order valence-electron chi connectivity index (χ3n) is 4.06. The molecule has 1 unspecified atom stereocenters. The SMILES string of the molecule is O=C(Nc1ccccc1)c1cccn1NC(=O)C1CC(F)(F)CN1C(=O)O. The van der Waals surface area contributed by atoms with Crippen LogP contribution in [0.4, 0.5) is 19.3 Å². The van der Waals surface area contributed by atoms with Crippen LogP contribution in [0.1, 0.15) is 16.9 Å². The molecule has 2 aromatic rings. The number of anilines is 1. The van der Waals surface area contributed by atoms with Crippen LogP contribution in [0.25, 0.3) is 0 Å². The van der Waals surface area contributed by atoms with Gasteiger partial charge in [0.2, 0.25) is 0 Å². The van der Waals surface area contributed by atoms with Gasteiger partial charge in [0, 0.05) is 18.3 Å². The zero-order chi connectivity index (χ0) is 19.6. The minimum Gasteiger partial charge on any atom is -0.465 e. The first-order valence-electron chi connectivity index (χ1n) is 7.99. The van der Waals surface area contributed by atoms with Gasteiger partial charge < -0.3 is 10.4 Å². The lowest BCUT2D eigenvalue weighted by Gasteiger charge is -2.20. The molecule has 3 rings (SSSR count). The normalized spacial score (nSPS) is 18.1. The molecule has 1 fully saturated rings. The Morgan fingerprint density at radius 2 is 1.81 bits per heavy atom. The monoisotopic (exact) mass is 378 g/mol. The number of hydrogen-bond acceptors (Lipinski definition) is 3. The van der Waals surface area contributed by atoms with Crippen LogP contribution in [0.15, 0.2) is 48.7 Å². The molecule has 0 spiro atoms. The number of aromatic nitrogens is 1. The number of nitrogens with zero attached hydrogens (tertiary/aromatic N) is 2. The molecular weight excluding hydrogens is 362 g/mol. The molecule has 3 N–H and O–H groups in total. The zero-order valence-electron chi connectivity index (χ0n) is 13.9. The van der Waals surface area contributed by atoms with Gasteiger partial charge in [0.05, 0.1) is 6.54 Å². The van der Waals surface area contributed by atoms with E-state index in [9.17, 15) is 23.2 Å². The van der Waals surface area contributed by atoms with Crippen molar-refractivity contribution in [3.8, 4) is 0 Å². The molecular formula is C17H16F2N4O4. The van der Waals surface area contributed by atoms with Gasteiger partial charge in [0.1, 0.15) is 11.7 Å². The van der Waals surface area contributed by atoms with E-state index < -0.39 is 42.8 Å². The van der Waals surface area contributed by atoms with Crippen LogP contribution in [0, 0.1) is 0 Å². The van der Waals surface area contributed by atoms with Gasteiger partial charge >= 0.3 is 6.09 Å². The van der Waals surface area contributed by atoms with E-state index in [2.05, 4.69) is 10.7 Å². The van der Waals surface area contributed by atoms with Gasteiger partial charge in [-0.25, -0.2) is 13.6 Å². The number of carboxylic acid groups (broad SMARTS) is 1. The molecule has 1 aliphatic rings. The fraction of sp³-hybridized carbons (Fsp3) is 0.235. The summed E-state index contributed by atoms with van der Waals surface area (Å²) in [7, 11) is 0. The maximum atomic E-state index is 13.5. The van der Waals surface area contributed by atoms with Crippen molar-refractivity contribution in [2.45, 2.75) is 18.4 Å². The van der Waals surface area contributed by atoms with Crippen molar-refractivity contribution in [1.82, 2.24) is 9.58 Å². The first kappa shape index (κ1) is 18.4. The smallest absolute Gasteiger partial charge is 0.408 e. The number of rotatable bonds is 4. The number of halogens is 2. The topological polar surface area (TPSA) is 104 Å². The molecule has 3 amide bonds. The van der Waals surface area contributed by atoms with Gasteiger partial charge in [-0.2, -0.15) is 0 Å². The van der Waals surface area contributed by atoms with Crippen molar-refractivity contribution in [3.63, 3.8) is 0 Å². The third-order valence-corrected chi connectivity index (χ3v) is 4.06. The highest BCUT2D eigenvalue weighted by Crippen LogP contribution is 2.32. The third kappa shape index (κ3) is 4.05. The predicted molar refractivity (Wildman–Crippen MR) is 91.3 cm³/mol. The molecule has 0 saturated carbocycles. The van der Waals surface area contributed by atoms with Gasteiger partial charge in [-0.1, -0.05) is 18.2 Å². The van der Waals surface area contributed by atoms with Gasteiger partial charge in [-0.15, -0.1) is 0 Å². The Morgan fingerprint density at radius 1 is 1.11 bits per heavy atom. The predicted octanol–water partition coefficient (Wildman–Crippen LogP) is 2.20. The van der Waals surface area contributed by atoms with Gasteiger partial charge in [-0.05, 0) is 24.3 Å². The lowest BCUT2D eigenvalue weighted by molar-refractivity contribution is -0.121. The number of alkyl halides is 2. The average Bonchev–Trinajstić information content (AvgIpc) is 3.19. The van der Waals surface area contributed by atoms with Crippen molar-refractivity contribution in [1.29, 1.82) is 0 Å². The van der Waals surface area contributed by atoms with Crippen LogP contribution >= 0.6 is 0 Å². The van der Waals surface area contributed by atoms with Crippen LogP contribution in [-0.4, -0.2) is 51.1 Å². The fourth-order valence-electron chi connectivity index (χ4n) is 2.83. The molecule has 0 bridgehead atoms. The summed E-state index contributed by atoms with van der Waals surface area (Å²) in [6.45, 7) is -1.05. The van der Waals surface area contributed by atoms with Crippen LogP contribution in [0.2, 0.25) is 0 Å². The maximum absolute atomic E-state index is 13.5. The minimum atomic E-state index is -3.29. The van der Waals surface area contributed by atoms with E-state index in [1.807, 2.05) is 0 Å². The van der Waals surface area contributed by atoms with E-state index in [-0.39, 0.29) is 5.69 Å². The fourth-order valence-corrected chi connectivity index (χ4v) is 2.83. The number of amides is 3. The summed E-state index contributed by atoms with van der Waals surface area (Å²) >= 11 is 0. The summed E-state index contributed by atoms with van der Waals surface area (Å²) in [5.41, 5.74) is 2.89. The summed E-state index contributed by atoms with van der Waals surface area (Å²) in [6.07, 6.45) is -1.17. The molecule has 1 aromatic heterocycles. The Kier molecular flexibility index (Phi) is 4.80. The second kappa shape index (κ2) is 7.06. The van der Waals surface area contributed by atoms with E-state index in [0.717, 1.165) is 4.68 Å². The van der Waals surface area contributed by atoms with Crippen molar-refractivity contribution < 1.29 is 28.3 Å². The molecule has 0 radical (unpaired) electrons. The summed E-state index contributed by atoms with van der Waals surface area (Å²) in [5.74, 6) is -4.76. The molecule has 8 nitrogen and oxygen atoms in total. The largest absolute Gasteiger partial charge is 0.465 e. The molecule has 0 aliphatic carbocycles. The highest BCUT2D eigenvalue weighted by molar-refractivity contribution is 6.04. The van der Waals surface area contributed by atoms with Crippen LogP contribution in [-0.2, 0) is 4.79 Å². The molecule has 1 aromatic carbocycles. The van der Waals surface area contributed by atoms with Crippen molar-refractivity contribution in [2.75, 3.05) is 17.3 Å². The average molecular weight is 378 g/mol. The minimum absolute atomic E-state index is 0.0545. The number of nitrogens with one attached hydrogen (secondary N) is 2. The molecule has 2 heterocycles. The second-order valence-electron chi connectivity index (χ2n) is 6.05. The maximum Gasteiger partial charge on any atom is 0.408 e. The lowest BCUT2D eigenvalue weighted by Crippen LogP contribution is -2.45. The summed E-state index contributed by atoms with van der Waals surface area (Å²) in [4.78, 5) is 36.2. The Labute approximate surface area is 152 Å². The van der Waals surface area contributed by atoms with E-state index in [1.165, 1.54) is 18.3 Å². The zero-order valence-corrected chi connectivity index (χ0v) is 13.9. The molecule has 1 aliphatic heterocycles. The lowest BCUT2D eigenvalue weighted by atomic mass is 10.2. The molecule has 27 heavy (non-hydrogen) atoms. The highest BCUT2D eigenvalue weighted by atomic mass is 19.3. The van der Waals surface area contributed by atoms with Gasteiger partial charge in [-0.3, -0.25) is 24.6 Å². The Morgan fingerprint density at radius 3 is 2.48 bits per heavy atom. The van der Waals surface area contributed by atoms with Crippen molar-refractivity contribution in [3.05, 3.63) is 54.4 Å². The standard InChI is InChI=1S/C17H16F2N4O4/c18-17(19)9-13(22(10-17)16(26)27)15(25)21-23-8-4-7-12(23)14(24)20-11-5-2-1-3-6-11/h1-8,13H,9-10H2,(H,20,24)(H,21,25)(H,26,27). The van der Waals surface area contributed by atoms with Gasteiger partial charge in [0.25, 0.3) is 17.7 Å². The highest BCUT2D eigenvalue weighted by Gasteiger charge is 2.50. The molecule has 142 valence electrons. The molecule has 1 saturated heterocycles. The first-order chi connectivity index (χ1) is 12.8. The summed E-state index contributed by atoms with van der Waals surface area (Å²) < 4.78 is 28.1. The van der Waals surface area contributed by atoms with E-state index in [0.29, 0.717) is 10.6 Å². The Balaban J connectivity index is 1.73. The summed E-state index contributed by atoms with van der Waals surface area (Å²) in [5, 5.41) is 11.7. The number of benzene rings is 1. The first-order valence-corrected chi connectivity index (χ1v) is 7.99. The number of carbonyl (C=O) groups excluding carboxylic acids is 2. The van der Waals surface area contributed by atoms with Crippen LogP contribution in [0.3, 0.4) is 0 Å². The van der Waals surface area contributed by atoms with E-state index in [4.69, 9.17) is 5.11 Å². The number of para-hydroxylation sites is 1. The number of likely N-dealkylation sites (tertiary alicyclic amines) is 1. The summed E-state index contributed by atoms with van der Waals surface area (Å²) in [6, 6.07) is 9.96. The van der Waals surface area contributed by atoms with Crippen molar-refractivity contribution >= 4 is 23.6 Å². The second-order valence-corrected chi connectivity index (χ2v) is 6.05. The quantitative estimate of drug-likeness (QED) is 0.759. The Bertz CT molecular complexity index is 869.